The second-order valence-electron chi connectivity index (χ2n) is 5.61. The first-order valence-corrected chi connectivity index (χ1v) is 7.65. The molecule has 0 aromatic heterocycles. The Morgan fingerprint density at radius 1 is 1.27 bits per heavy atom. The number of hydrogen-bond donors (Lipinski definition) is 1. The van der Waals surface area contributed by atoms with Crippen LogP contribution in [0.15, 0.2) is 18.2 Å². The van der Waals surface area contributed by atoms with Gasteiger partial charge in [-0.3, -0.25) is 4.79 Å². The Balaban J connectivity index is 2.32. The van der Waals surface area contributed by atoms with E-state index >= 15 is 0 Å². The lowest BCUT2D eigenvalue weighted by atomic mass is 9.80. The van der Waals surface area contributed by atoms with Gasteiger partial charge in [0.2, 0.25) is 0 Å². The topological polar surface area (TPSA) is 66.8 Å². The van der Waals surface area contributed by atoms with Crippen molar-refractivity contribution in [3.8, 4) is 5.75 Å². The second kappa shape index (κ2) is 6.57. The van der Waals surface area contributed by atoms with Crippen molar-refractivity contribution in [2.45, 2.75) is 37.6 Å². The van der Waals surface area contributed by atoms with Crippen LogP contribution in [0.5, 0.6) is 5.75 Å². The maximum absolute atomic E-state index is 12.7. The predicted octanol–water partition coefficient (Wildman–Crippen LogP) is 3.21. The highest BCUT2D eigenvalue weighted by Crippen LogP contribution is 2.35. The van der Waals surface area contributed by atoms with Gasteiger partial charge in [-0.1, -0.05) is 30.9 Å². The molecule has 1 aromatic carbocycles. The van der Waals surface area contributed by atoms with Crippen LogP contribution in [0.1, 0.15) is 42.5 Å². The molecule has 1 fully saturated rings. The van der Waals surface area contributed by atoms with Crippen molar-refractivity contribution < 1.29 is 19.4 Å². The summed E-state index contributed by atoms with van der Waals surface area (Å²) in [6, 6.07) is 4.71. The van der Waals surface area contributed by atoms with E-state index < -0.39 is 11.5 Å². The van der Waals surface area contributed by atoms with Crippen LogP contribution in [0, 0.1) is 0 Å². The number of carboxylic acids is 1. The average Bonchev–Trinajstić information content (AvgIpc) is 2.54. The summed E-state index contributed by atoms with van der Waals surface area (Å²) in [6.45, 7) is 0. The SMILES string of the molecule is COc1cc(C(=O)N(C)C2(C(=O)O)CCCCC2)ccc1Cl. The number of ether oxygens (including phenoxy) is 1. The van der Waals surface area contributed by atoms with Gasteiger partial charge in [-0.15, -0.1) is 0 Å². The summed E-state index contributed by atoms with van der Waals surface area (Å²) in [5.41, 5.74) is -0.752. The van der Waals surface area contributed by atoms with E-state index in [1.54, 1.807) is 25.2 Å². The zero-order valence-electron chi connectivity index (χ0n) is 12.8. The number of nitrogens with zero attached hydrogens (tertiary/aromatic N) is 1. The largest absolute Gasteiger partial charge is 0.495 e. The molecule has 1 saturated carbocycles. The molecule has 0 radical (unpaired) electrons. The van der Waals surface area contributed by atoms with Gasteiger partial charge in [0.1, 0.15) is 11.3 Å². The first kappa shape index (κ1) is 16.6. The van der Waals surface area contributed by atoms with Gasteiger partial charge in [-0.2, -0.15) is 0 Å². The predicted molar refractivity (Wildman–Crippen MR) is 83.5 cm³/mol. The Morgan fingerprint density at radius 2 is 1.91 bits per heavy atom. The van der Waals surface area contributed by atoms with Crippen LogP contribution in [0.25, 0.3) is 0 Å². The normalized spacial score (nSPS) is 16.9. The molecule has 0 unspecified atom stereocenters. The third-order valence-electron chi connectivity index (χ3n) is 4.42. The van der Waals surface area contributed by atoms with Crippen LogP contribution < -0.4 is 4.74 Å². The zero-order chi connectivity index (χ0) is 16.3. The molecule has 6 heteroatoms. The Morgan fingerprint density at radius 3 is 2.45 bits per heavy atom. The fraction of sp³-hybridized carbons (Fsp3) is 0.500. The maximum Gasteiger partial charge on any atom is 0.329 e. The summed E-state index contributed by atoms with van der Waals surface area (Å²) in [5.74, 6) is -0.878. The molecule has 5 nitrogen and oxygen atoms in total. The molecule has 0 spiro atoms. The van der Waals surface area contributed by atoms with E-state index in [0.717, 1.165) is 19.3 Å². The monoisotopic (exact) mass is 325 g/mol. The van der Waals surface area contributed by atoms with Crippen LogP contribution in [0.3, 0.4) is 0 Å². The van der Waals surface area contributed by atoms with Crippen molar-refractivity contribution in [3.63, 3.8) is 0 Å². The molecule has 22 heavy (non-hydrogen) atoms. The maximum atomic E-state index is 12.7. The number of carbonyl (C=O) groups is 2. The summed E-state index contributed by atoms with van der Waals surface area (Å²) < 4.78 is 5.11. The lowest BCUT2D eigenvalue weighted by Crippen LogP contribution is -2.56. The number of halogens is 1. The fourth-order valence-corrected chi connectivity index (χ4v) is 3.20. The fourth-order valence-electron chi connectivity index (χ4n) is 3.01. The summed E-state index contributed by atoms with van der Waals surface area (Å²) in [4.78, 5) is 25.8. The van der Waals surface area contributed by atoms with Gasteiger partial charge in [-0.25, -0.2) is 4.79 Å². The van der Waals surface area contributed by atoms with E-state index in [0.29, 0.717) is 29.2 Å². The highest BCUT2D eigenvalue weighted by Gasteiger charge is 2.45. The number of likely N-dealkylation sites (N-methyl/N-ethyl adjacent to an activating group) is 1. The third-order valence-corrected chi connectivity index (χ3v) is 4.74. The molecule has 1 N–H and O–H groups in total. The van der Waals surface area contributed by atoms with Crippen LogP contribution in [-0.4, -0.2) is 41.6 Å². The molecule has 0 saturated heterocycles. The van der Waals surface area contributed by atoms with Crippen molar-refractivity contribution in [2.24, 2.45) is 0 Å². The Kier molecular flexibility index (Phi) is 4.96. The molecule has 1 amide bonds. The van der Waals surface area contributed by atoms with E-state index in [1.165, 1.54) is 12.0 Å². The molecule has 0 heterocycles. The van der Waals surface area contributed by atoms with Crippen LogP contribution in [0.4, 0.5) is 0 Å². The molecule has 1 aliphatic carbocycles. The van der Waals surface area contributed by atoms with Gasteiger partial charge in [0.05, 0.1) is 12.1 Å². The van der Waals surface area contributed by atoms with E-state index in [2.05, 4.69) is 0 Å². The van der Waals surface area contributed by atoms with Gasteiger partial charge in [0.15, 0.2) is 0 Å². The first-order valence-electron chi connectivity index (χ1n) is 7.27. The second-order valence-corrected chi connectivity index (χ2v) is 6.02. The van der Waals surface area contributed by atoms with Crippen LogP contribution in [0.2, 0.25) is 5.02 Å². The number of amides is 1. The number of hydrogen-bond acceptors (Lipinski definition) is 3. The van der Waals surface area contributed by atoms with Crippen LogP contribution >= 0.6 is 11.6 Å². The van der Waals surface area contributed by atoms with Gasteiger partial charge in [-0.05, 0) is 31.0 Å². The number of aliphatic carboxylic acids is 1. The van der Waals surface area contributed by atoms with Crippen molar-refractivity contribution in [1.29, 1.82) is 0 Å². The van der Waals surface area contributed by atoms with E-state index in [-0.39, 0.29) is 5.91 Å². The Bertz CT molecular complexity index is 582. The quantitative estimate of drug-likeness (QED) is 0.923. The van der Waals surface area contributed by atoms with Crippen molar-refractivity contribution in [3.05, 3.63) is 28.8 Å². The highest BCUT2D eigenvalue weighted by molar-refractivity contribution is 6.32. The number of carboxylic acid groups (broad SMARTS) is 1. The van der Waals surface area contributed by atoms with Gasteiger partial charge in [0.25, 0.3) is 5.91 Å². The molecule has 0 bridgehead atoms. The third kappa shape index (κ3) is 2.90. The number of methoxy groups -OCH3 is 1. The number of benzene rings is 1. The Hall–Kier alpha value is -1.75. The molecule has 0 aliphatic heterocycles. The first-order chi connectivity index (χ1) is 10.4. The minimum Gasteiger partial charge on any atom is -0.495 e. The minimum absolute atomic E-state index is 0.334. The molecule has 1 aliphatic rings. The molecular weight excluding hydrogens is 306 g/mol. The van der Waals surface area contributed by atoms with Crippen molar-refractivity contribution in [2.75, 3.05) is 14.2 Å². The molecular formula is C16H20ClNO4. The molecule has 0 atom stereocenters. The highest BCUT2D eigenvalue weighted by atomic mass is 35.5. The molecule has 120 valence electrons. The summed E-state index contributed by atoms with van der Waals surface area (Å²) in [7, 11) is 3.03. The van der Waals surface area contributed by atoms with E-state index in [4.69, 9.17) is 16.3 Å². The van der Waals surface area contributed by atoms with Gasteiger partial charge < -0.3 is 14.7 Å². The number of carbonyl (C=O) groups excluding carboxylic acids is 1. The Labute approximate surface area is 134 Å². The van der Waals surface area contributed by atoms with Gasteiger partial charge in [0, 0.05) is 12.6 Å². The van der Waals surface area contributed by atoms with Crippen molar-refractivity contribution >= 4 is 23.5 Å². The van der Waals surface area contributed by atoms with E-state index in [9.17, 15) is 14.7 Å². The molecule has 2 rings (SSSR count). The lowest BCUT2D eigenvalue weighted by molar-refractivity contribution is -0.151. The zero-order valence-corrected chi connectivity index (χ0v) is 13.5. The standard InChI is InChI=1S/C16H20ClNO4/c1-18(16(15(20)21)8-4-3-5-9-16)14(19)11-6-7-12(17)13(10-11)22-2/h6-7,10H,3-5,8-9H2,1-2H3,(H,20,21). The van der Waals surface area contributed by atoms with Crippen LogP contribution in [-0.2, 0) is 4.79 Å². The van der Waals surface area contributed by atoms with E-state index in [1.807, 2.05) is 0 Å². The number of rotatable bonds is 4. The summed E-state index contributed by atoms with van der Waals surface area (Å²) in [5, 5.41) is 10.1. The summed E-state index contributed by atoms with van der Waals surface area (Å²) >= 11 is 5.96. The van der Waals surface area contributed by atoms with Crippen molar-refractivity contribution in [1.82, 2.24) is 4.90 Å². The molecule has 1 aromatic rings. The minimum atomic E-state index is -1.12. The summed E-state index contributed by atoms with van der Waals surface area (Å²) in [6.07, 6.45) is 3.60. The smallest absolute Gasteiger partial charge is 0.329 e. The van der Waals surface area contributed by atoms with Gasteiger partial charge >= 0.3 is 5.97 Å². The average molecular weight is 326 g/mol. The lowest BCUT2D eigenvalue weighted by Gasteiger charge is -2.41.